The summed E-state index contributed by atoms with van der Waals surface area (Å²) in [5.41, 5.74) is 10.8. The number of hydrogen-bond donors (Lipinski definition) is 0. The topological polar surface area (TPSA) is 0 Å². The maximum Gasteiger partial charge on any atom is 0.0695 e. The molecule has 0 aromatic heterocycles. The minimum Gasteiger partial charge on any atom is -0.0867 e. The Labute approximate surface area is 130 Å². The molecule has 0 unspecified atom stereocenters. The Morgan fingerprint density at radius 2 is 1.38 bits per heavy atom. The molecule has 0 heterocycles. The Bertz CT molecular complexity index is 635. The molecule has 0 saturated carbocycles. The SMILES string of the molecule is Cc1cc(C)c(/C(=C/[Si](C)(C)C)c2ccccc2)c(C)c1. The molecule has 2 aromatic carbocycles. The molecule has 2 aromatic rings. The molecule has 0 N–H and O–H groups in total. The first-order chi connectivity index (χ1) is 9.78. The van der Waals surface area contributed by atoms with Gasteiger partial charge in [0.15, 0.2) is 0 Å². The highest BCUT2D eigenvalue weighted by Crippen LogP contribution is 2.31. The van der Waals surface area contributed by atoms with Crippen LogP contribution in [-0.4, -0.2) is 8.07 Å². The van der Waals surface area contributed by atoms with Crippen LogP contribution in [0.5, 0.6) is 0 Å². The molecule has 0 saturated heterocycles. The molecule has 0 atom stereocenters. The summed E-state index contributed by atoms with van der Waals surface area (Å²) in [6.45, 7) is 13.8. The summed E-state index contributed by atoms with van der Waals surface area (Å²) in [6.07, 6.45) is 0. The third kappa shape index (κ3) is 3.95. The lowest BCUT2D eigenvalue weighted by Gasteiger charge is -2.20. The van der Waals surface area contributed by atoms with Crippen LogP contribution in [0.3, 0.4) is 0 Å². The van der Waals surface area contributed by atoms with E-state index in [2.05, 4.69) is 88.6 Å². The van der Waals surface area contributed by atoms with Crippen molar-refractivity contribution in [3.63, 3.8) is 0 Å². The largest absolute Gasteiger partial charge is 0.0867 e. The Hall–Kier alpha value is -1.60. The van der Waals surface area contributed by atoms with Crippen molar-refractivity contribution < 1.29 is 0 Å². The number of aryl methyl sites for hydroxylation is 3. The van der Waals surface area contributed by atoms with Crippen LogP contribution in [0.2, 0.25) is 19.6 Å². The Morgan fingerprint density at radius 1 is 0.857 bits per heavy atom. The van der Waals surface area contributed by atoms with E-state index in [1.54, 1.807) is 0 Å². The Kier molecular flexibility index (Phi) is 4.53. The summed E-state index contributed by atoms with van der Waals surface area (Å²) in [7, 11) is -1.31. The van der Waals surface area contributed by atoms with Gasteiger partial charge in [-0.2, -0.15) is 0 Å². The van der Waals surface area contributed by atoms with E-state index in [1.165, 1.54) is 33.4 Å². The molecule has 21 heavy (non-hydrogen) atoms. The van der Waals surface area contributed by atoms with Crippen molar-refractivity contribution >= 4 is 13.6 Å². The molecule has 1 heteroatoms. The minimum absolute atomic E-state index is 1.31. The smallest absolute Gasteiger partial charge is 0.0695 e. The highest BCUT2D eigenvalue weighted by atomic mass is 28.3. The average Bonchev–Trinajstić information content (AvgIpc) is 2.36. The van der Waals surface area contributed by atoms with Crippen molar-refractivity contribution in [2.75, 3.05) is 0 Å². The standard InChI is InChI=1S/C20H26Si/c1-15-12-16(2)20(17(3)13-15)19(14-21(4,5)6)18-10-8-7-9-11-18/h7-14H,1-6H3/b19-14+. The van der Waals surface area contributed by atoms with Crippen LogP contribution in [0.4, 0.5) is 0 Å². The Morgan fingerprint density at radius 3 is 1.86 bits per heavy atom. The second-order valence-electron chi connectivity index (χ2n) is 7.06. The van der Waals surface area contributed by atoms with Gasteiger partial charge in [-0.05, 0) is 48.6 Å². The molecular formula is C20H26Si. The third-order valence-electron chi connectivity index (χ3n) is 3.61. The molecule has 0 aliphatic heterocycles. The quantitative estimate of drug-likeness (QED) is 0.616. The molecule has 0 fully saturated rings. The maximum absolute atomic E-state index is 2.53. The van der Waals surface area contributed by atoms with Crippen LogP contribution in [0.1, 0.15) is 27.8 Å². The van der Waals surface area contributed by atoms with E-state index in [0.717, 1.165) is 0 Å². The molecule has 0 amide bonds. The predicted octanol–water partition coefficient (Wildman–Crippen LogP) is 5.92. The molecular weight excluding hydrogens is 268 g/mol. The third-order valence-corrected chi connectivity index (χ3v) is 4.76. The average molecular weight is 295 g/mol. The minimum atomic E-state index is -1.31. The second-order valence-corrected chi connectivity index (χ2v) is 12.1. The summed E-state index contributed by atoms with van der Waals surface area (Å²) < 4.78 is 0. The van der Waals surface area contributed by atoms with E-state index < -0.39 is 8.07 Å². The molecule has 110 valence electrons. The summed E-state index contributed by atoms with van der Waals surface area (Å²) in [5, 5.41) is 0. The van der Waals surface area contributed by atoms with Crippen molar-refractivity contribution in [2.24, 2.45) is 0 Å². The first-order valence-electron chi connectivity index (χ1n) is 7.64. The van der Waals surface area contributed by atoms with Gasteiger partial charge in [0, 0.05) is 0 Å². The predicted molar refractivity (Wildman–Crippen MR) is 97.5 cm³/mol. The number of hydrogen-bond acceptors (Lipinski definition) is 0. The van der Waals surface area contributed by atoms with E-state index in [-0.39, 0.29) is 0 Å². The van der Waals surface area contributed by atoms with Gasteiger partial charge in [0.1, 0.15) is 0 Å². The van der Waals surface area contributed by atoms with Gasteiger partial charge in [-0.15, -0.1) is 0 Å². The zero-order chi connectivity index (χ0) is 15.6. The van der Waals surface area contributed by atoms with Crippen molar-refractivity contribution in [3.8, 4) is 0 Å². The first-order valence-corrected chi connectivity index (χ1v) is 11.2. The summed E-state index contributed by atoms with van der Waals surface area (Å²) in [4.78, 5) is 0. The number of benzene rings is 2. The molecule has 2 rings (SSSR count). The fraction of sp³-hybridized carbons (Fsp3) is 0.300. The van der Waals surface area contributed by atoms with Gasteiger partial charge in [0.05, 0.1) is 8.07 Å². The fourth-order valence-electron chi connectivity index (χ4n) is 2.96. The van der Waals surface area contributed by atoms with Crippen molar-refractivity contribution in [1.29, 1.82) is 0 Å². The van der Waals surface area contributed by atoms with E-state index in [0.29, 0.717) is 0 Å². The molecule has 0 nitrogen and oxygen atoms in total. The van der Waals surface area contributed by atoms with Crippen LogP contribution in [0, 0.1) is 20.8 Å². The molecule has 0 aliphatic rings. The highest BCUT2D eigenvalue weighted by Gasteiger charge is 2.16. The van der Waals surface area contributed by atoms with E-state index in [4.69, 9.17) is 0 Å². The lowest BCUT2D eigenvalue weighted by Crippen LogP contribution is -2.17. The summed E-state index contributed by atoms with van der Waals surface area (Å²) >= 11 is 0. The van der Waals surface area contributed by atoms with Crippen LogP contribution in [0.25, 0.3) is 5.57 Å². The molecule has 0 aliphatic carbocycles. The molecule has 0 spiro atoms. The lowest BCUT2D eigenvalue weighted by molar-refractivity contribution is 1.29. The van der Waals surface area contributed by atoms with Crippen molar-refractivity contribution in [1.82, 2.24) is 0 Å². The van der Waals surface area contributed by atoms with Crippen LogP contribution < -0.4 is 0 Å². The van der Waals surface area contributed by atoms with Gasteiger partial charge >= 0.3 is 0 Å². The summed E-state index contributed by atoms with van der Waals surface area (Å²) in [6, 6.07) is 15.4. The normalized spacial score (nSPS) is 12.6. The zero-order valence-corrected chi connectivity index (χ0v) is 15.1. The van der Waals surface area contributed by atoms with Crippen LogP contribution >= 0.6 is 0 Å². The van der Waals surface area contributed by atoms with Gasteiger partial charge in [-0.1, -0.05) is 73.4 Å². The van der Waals surface area contributed by atoms with Gasteiger partial charge in [0.2, 0.25) is 0 Å². The Balaban J connectivity index is 2.71. The fourth-order valence-corrected chi connectivity index (χ4v) is 4.13. The molecule has 0 radical (unpaired) electrons. The van der Waals surface area contributed by atoms with Gasteiger partial charge in [-0.25, -0.2) is 0 Å². The van der Waals surface area contributed by atoms with Crippen LogP contribution in [0.15, 0.2) is 48.2 Å². The van der Waals surface area contributed by atoms with E-state index in [1.807, 2.05) is 0 Å². The van der Waals surface area contributed by atoms with Gasteiger partial charge in [0.25, 0.3) is 0 Å². The highest BCUT2D eigenvalue weighted by molar-refractivity contribution is 6.81. The number of rotatable bonds is 3. The zero-order valence-electron chi connectivity index (χ0n) is 14.1. The first kappa shape index (κ1) is 15.8. The van der Waals surface area contributed by atoms with Gasteiger partial charge in [-0.3, -0.25) is 0 Å². The van der Waals surface area contributed by atoms with Gasteiger partial charge < -0.3 is 0 Å². The lowest BCUT2D eigenvalue weighted by atomic mass is 9.91. The summed E-state index contributed by atoms with van der Waals surface area (Å²) in [5.74, 6) is 0. The maximum atomic E-state index is 2.53. The molecule has 0 bridgehead atoms. The van der Waals surface area contributed by atoms with Crippen molar-refractivity contribution in [2.45, 2.75) is 40.4 Å². The van der Waals surface area contributed by atoms with E-state index in [9.17, 15) is 0 Å². The van der Waals surface area contributed by atoms with E-state index >= 15 is 0 Å². The second kappa shape index (κ2) is 6.03. The van der Waals surface area contributed by atoms with Crippen LogP contribution in [-0.2, 0) is 0 Å². The van der Waals surface area contributed by atoms with Crippen molar-refractivity contribution in [3.05, 3.63) is 76.0 Å². The monoisotopic (exact) mass is 294 g/mol.